The summed E-state index contributed by atoms with van der Waals surface area (Å²) in [6.45, 7) is 7.71. The standard InChI is InChI=1S/C13H19FN2/c1-13(2,3)16-6-4-5-12(16)10-7-11(14)9-15-8-10/h7-9,12H,4-6H2,1-3H3. The van der Waals surface area contributed by atoms with Gasteiger partial charge in [0.25, 0.3) is 0 Å². The number of hydrogen-bond donors (Lipinski definition) is 0. The van der Waals surface area contributed by atoms with Crippen LogP contribution in [-0.4, -0.2) is 22.0 Å². The van der Waals surface area contributed by atoms with Crippen LogP contribution in [0.15, 0.2) is 18.5 Å². The summed E-state index contributed by atoms with van der Waals surface area (Å²) in [5.41, 5.74) is 1.14. The van der Waals surface area contributed by atoms with Crippen LogP contribution in [0.5, 0.6) is 0 Å². The predicted octanol–water partition coefficient (Wildman–Crippen LogP) is 3.16. The molecule has 0 saturated carbocycles. The van der Waals surface area contributed by atoms with Gasteiger partial charge in [-0.05, 0) is 51.8 Å². The number of pyridine rings is 1. The molecule has 0 aliphatic carbocycles. The van der Waals surface area contributed by atoms with Gasteiger partial charge in [-0.1, -0.05) is 0 Å². The molecule has 2 nitrogen and oxygen atoms in total. The molecule has 2 rings (SSSR count). The molecule has 0 spiro atoms. The van der Waals surface area contributed by atoms with Crippen molar-refractivity contribution in [3.05, 3.63) is 29.8 Å². The number of rotatable bonds is 1. The van der Waals surface area contributed by atoms with Crippen LogP contribution < -0.4 is 0 Å². The zero-order valence-electron chi connectivity index (χ0n) is 10.2. The van der Waals surface area contributed by atoms with Crippen LogP contribution >= 0.6 is 0 Å². The maximum atomic E-state index is 13.2. The number of hydrogen-bond acceptors (Lipinski definition) is 2. The van der Waals surface area contributed by atoms with E-state index in [-0.39, 0.29) is 11.4 Å². The minimum absolute atomic E-state index is 0.132. The monoisotopic (exact) mass is 222 g/mol. The molecule has 1 aromatic heterocycles. The van der Waals surface area contributed by atoms with Gasteiger partial charge >= 0.3 is 0 Å². The van der Waals surface area contributed by atoms with E-state index in [1.807, 2.05) is 0 Å². The Bertz CT molecular complexity index is 370. The van der Waals surface area contributed by atoms with E-state index >= 15 is 0 Å². The molecule has 3 heteroatoms. The Balaban J connectivity index is 2.27. The fourth-order valence-corrected chi connectivity index (χ4v) is 2.53. The summed E-state index contributed by atoms with van der Waals surface area (Å²) in [4.78, 5) is 6.38. The molecule has 1 aliphatic rings. The number of nitrogens with zero attached hydrogens (tertiary/aromatic N) is 2. The van der Waals surface area contributed by atoms with Crippen LogP contribution in [-0.2, 0) is 0 Å². The number of aromatic nitrogens is 1. The van der Waals surface area contributed by atoms with Crippen molar-refractivity contribution in [1.29, 1.82) is 0 Å². The molecule has 0 aromatic carbocycles. The van der Waals surface area contributed by atoms with Gasteiger partial charge in [-0.2, -0.15) is 0 Å². The molecule has 1 atom stereocenters. The first kappa shape index (κ1) is 11.5. The van der Waals surface area contributed by atoms with Crippen molar-refractivity contribution in [2.24, 2.45) is 0 Å². The van der Waals surface area contributed by atoms with E-state index in [0.717, 1.165) is 18.5 Å². The first-order valence-electron chi connectivity index (χ1n) is 5.86. The minimum Gasteiger partial charge on any atom is -0.291 e. The highest BCUT2D eigenvalue weighted by Gasteiger charge is 2.33. The van der Waals surface area contributed by atoms with E-state index in [1.54, 1.807) is 12.3 Å². The minimum atomic E-state index is -0.238. The molecule has 16 heavy (non-hydrogen) atoms. The molecular weight excluding hydrogens is 203 g/mol. The van der Waals surface area contributed by atoms with Crippen LogP contribution in [0.4, 0.5) is 4.39 Å². The maximum absolute atomic E-state index is 13.2. The molecule has 0 amide bonds. The number of halogens is 1. The Hall–Kier alpha value is -0.960. The Morgan fingerprint density at radius 1 is 1.38 bits per heavy atom. The van der Waals surface area contributed by atoms with Crippen LogP contribution in [0.25, 0.3) is 0 Å². The third-order valence-corrected chi connectivity index (χ3v) is 3.23. The molecule has 88 valence electrons. The van der Waals surface area contributed by atoms with Gasteiger partial charge in [0.05, 0.1) is 6.20 Å². The van der Waals surface area contributed by atoms with Gasteiger partial charge in [0, 0.05) is 17.8 Å². The van der Waals surface area contributed by atoms with Crippen LogP contribution in [0.2, 0.25) is 0 Å². The van der Waals surface area contributed by atoms with Gasteiger partial charge in [0.2, 0.25) is 0 Å². The average Bonchev–Trinajstić information content (AvgIpc) is 2.65. The van der Waals surface area contributed by atoms with Crippen LogP contribution in [0, 0.1) is 5.82 Å². The molecule has 1 aromatic rings. The summed E-state index contributed by atoms with van der Waals surface area (Å²) in [6.07, 6.45) is 5.33. The summed E-state index contributed by atoms with van der Waals surface area (Å²) < 4.78 is 13.2. The normalized spacial score (nSPS) is 22.6. The first-order valence-corrected chi connectivity index (χ1v) is 5.86. The maximum Gasteiger partial charge on any atom is 0.141 e. The van der Waals surface area contributed by atoms with Gasteiger partial charge in [0.1, 0.15) is 5.82 Å². The lowest BCUT2D eigenvalue weighted by Crippen LogP contribution is -2.40. The second-order valence-corrected chi connectivity index (χ2v) is 5.46. The topological polar surface area (TPSA) is 16.1 Å². The van der Waals surface area contributed by atoms with Gasteiger partial charge in [-0.25, -0.2) is 4.39 Å². The molecule has 1 aliphatic heterocycles. The highest BCUT2D eigenvalue weighted by molar-refractivity contribution is 5.17. The lowest BCUT2D eigenvalue weighted by atomic mass is 10.0. The summed E-state index contributed by atoms with van der Waals surface area (Å²) in [7, 11) is 0. The Morgan fingerprint density at radius 3 is 2.75 bits per heavy atom. The smallest absolute Gasteiger partial charge is 0.141 e. The van der Waals surface area contributed by atoms with Crippen molar-refractivity contribution >= 4 is 0 Å². The Kier molecular flexibility index (Phi) is 2.98. The molecule has 2 heterocycles. The predicted molar refractivity (Wildman–Crippen MR) is 62.6 cm³/mol. The summed E-state index contributed by atoms with van der Waals surface area (Å²) in [5, 5.41) is 0. The van der Waals surface area contributed by atoms with Crippen LogP contribution in [0.3, 0.4) is 0 Å². The van der Waals surface area contributed by atoms with Crippen molar-refractivity contribution in [2.75, 3.05) is 6.54 Å². The SMILES string of the molecule is CC(C)(C)N1CCCC1c1cncc(F)c1. The van der Waals surface area contributed by atoms with Crippen molar-refractivity contribution in [1.82, 2.24) is 9.88 Å². The molecular formula is C13H19FN2. The molecule has 0 radical (unpaired) electrons. The third-order valence-electron chi connectivity index (χ3n) is 3.23. The molecule has 1 fully saturated rings. The molecule has 1 unspecified atom stereocenters. The van der Waals surface area contributed by atoms with Gasteiger partial charge in [-0.15, -0.1) is 0 Å². The van der Waals surface area contributed by atoms with Crippen molar-refractivity contribution in [3.63, 3.8) is 0 Å². The lowest BCUT2D eigenvalue weighted by molar-refractivity contribution is 0.121. The van der Waals surface area contributed by atoms with E-state index in [4.69, 9.17) is 0 Å². The first-order chi connectivity index (χ1) is 7.48. The zero-order chi connectivity index (χ0) is 11.8. The number of likely N-dealkylation sites (tertiary alicyclic amines) is 1. The lowest BCUT2D eigenvalue weighted by Gasteiger charge is -2.37. The summed E-state index contributed by atoms with van der Waals surface area (Å²) >= 11 is 0. The second-order valence-electron chi connectivity index (χ2n) is 5.46. The van der Waals surface area contributed by atoms with E-state index in [2.05, 4.69) is 30.7 Å². The van der Waals surface area contributed by atoms with Gasteiger partial charge in [0.15, 0.2) is 0 Å². The molecule has 0 bridgehead atoms. The third kappa shape index (κ3) is 2.24. The highest BCUT2D eigenvalue weighted by atomic mass is 19.1. The average molecular weight is 222 g/mol. The van der Waals surface area contributed by atoms with Gasteiger partial charge < -0.3 is 0 Å². The van der Waals surface area contributed by atoms with E-state index < -0.39 is 0 Å². The zero-order valence-corrected chi connectivity index (χ0v) is 10.2. The Labute approximate surface area is 96.5 Å². The van der Waals surface area contributed by atoms with E-state index in [0.29, 0.717) is 6.04 Å². The second kappa shape index (κ2) is 4.13. The molecule has 1 saturated heterocycles. The fraction of sp³-hybridized carbons (Fsp3) is 0.615. The summed E-state index contributed by atoms with van der Waals surface area (Å²) in [6, 6.07) is 1.94. The van der Waals surface area contributed by atoms with Crippen LogP contribution in [0.1, 0.15) is 45.2 Å². The van der Waals surface area contributed by atoms with Crippen molar-refractivity contribution in [3.8, 4) is 0 Å². The van der Waals surface area contributed by atoms with E-state index in [9.17, 15) is 4.39 Å². The van der Waals surface area contributed by atoms with Crippen molar-refractivity contribution in [2.45, 2.75) is 45.2 Å². The quantitative estimate of drug-likeness (QED) is 0.725. The highest BCUT2D eigenvalue weighted by Crippen LogP contribution is 2.36. The van der Waals surface area contributed by atoms with Crippen molar-refractivity contribution < 1.29 is 4.39 Å². The summed E-state index contributed by atoms with van der Waals surface area (Å²) in [5.74, 6) is -0.238. The largest absolute Gasteiger partial charge is 0.291 e. The van der Waals surface area contributed by atoms with E-state index in [1.165, 1.54) is 12.6 Å². The van der Waals surface area contributed by atoms with Gasteiger partial charge in [-0.3, -0.25) is 9.88 Å². The molecule has 0 N–H and O–H groups in total. The Morgan fingerprint density at radius 2 is 2.12 bits per heavy atom. The fourth-order valence-electron chi connectivity index (χ4n) is 2.53.